The molecule has 100 valence electrons. The van der Waals surface area contributed by atoms with E-state index in [-0.39, 0.29) is 23.8 Å². The van der Waals surface area contributed by atoms with Crippen LogP contribution in [0.5, 0.6) is 0 Å². The standard InChI is InChI=1S/C10H9BrN4O4/c1-14-8(16)3-6(10(14)17)13-9-7(15(18)19)2-5(11)4-12-9/h2,4,6H,3H2,1H3,(H,12,13). The number of anilines is 1. The molecule has 0 saturated carbocycles. The van der Waals surface area contributed by atoms with Crippen molar-refractivity contribution in [1.29, 1.82) is 0 Å². The summed E-state index contributed by atoms with van der Waals surface area (Å²) in [5.41, 5.74) is -0.260. The number of likely N-dealkylation sites (tertiary alicyclic amines) is 1. The number of hydrogen-bond donors (Lipinski definition) is 1. The van der Waals surface area contributed by atoms with E-state index in [0.717, 1.165) is 4.90 Å². The highest BCUT2D eigenvalue weighted by atomic mass is 79.9. The fraction of sp³-hybridized carbons (Fsp3) is 0.300. The molecular weight excluding hydrogens is 320 g/mol. The second kappa shape index (κ2) is 4.92. The largest absolute Gasteiger partial charge is 0.352 e. The first-order chi connectivity index (χ1) is 8.90. The van der Waals surface area contributed by atoms with E-state index in [0.29, 0.717) is 4.47 Å². The van der Waals surface area contributed by atoms with Gasteiger partial charge in [0, 0.05) is 23.8 Å². The number of likely N-dealkylation sites (N-methyl/N-ethyl adjacent to an activating group) is 1. The van der Waals surface area contributed by atoms with Gasteiger partial charge in [-0.05, 0) is 15.9 Å². The summed E-state index contributed by atoms with van der Waals surface area (Å²) in [6, 6.07) is 0.463. The summed E-state index contributed by atoms with van der Waals surface area (Å²) < 4.78 is 0.454. The SMILES string of the molecule is CN1C(=O)CC(Nc2ncc(Br)cc2[N+](=O)[O-])C1=O. The maximum absolute atomic E-state index is 11.7. The molecule has 2 rings (SSSR count). The smallest absolute Gasteiger partial charge is 0.312 e. The fourth-order valence-electron chi connectivity index (χ4n) is 1.71. The van der Waals surface area contributed by atoms with Crippen molar-refractivity contribution in [2.24, 2.45) is 0 Å². The maximum Gasteiger partial charge on any atom is 0.312 e. The lowest BCUT2D eigenvalue weighted by molar-refractivity contribution is -0.384. The van der Waals surface area contributed by atoms with Crippen molar-refractivity contribution in [3.63, 3.8) is 0 Å². The number of pyridine rings is 1. The van der Waals surface area contributed by atoms with Crippen LogP contribution in [-0.4, -0.2) is 39.7 Å². The van der Waals surface area contributed by atoms with Crippen molar-refractivity contribution >= 4 is 39.2 Å². The fourth-order valence-corrected chi connectivity index (χ4v) is 2.03. The maximum atomic E-state index is 11.7. The minimum Gasteiger partial charge on any atom is -0.352 e. The zero-order valence-corrected chi connectivity index (χ0v) is 11.4. The van der Waals surface area contributed by atoms with Crippen molar-refractivity contribution in [2.45, 2.75) is 12.5 Å². The summed E-state index contributed by atoms with van der Waals surface area (Å²) >= 11 is 3.08. The Morgan fingerprint density at radius 2 is 2.26 bits per heavy atom. The van der Waals surface area contributed by atoms with E-state index in [1.54, 1.807) is 0 Å². The molecule has 19 heavy (non-hydrogen) atoms. The average molecular weight is 329 g/mol. The number of imide groups is 1. The number of amides is 2. The molecule has 0 aromatic carbocycles. The number of aromatic nitrogens is 1. The first-order valence-corrected chi connectivity index (χ1v) is 6.06. The number of nitro groups is 1. The van der Waals surface area contributed by atoms with Crippen LogP contribution in [0.25, 0.3) is 0 Å². The molecule has 1 aromatic heterocycles. The van der Waals surface area contributed by atoms with Crippen molar-refractivity contribution in [1.82, 2.24) is 9.88 Å². The van der Waals surface area contributed by atoms with Crippen LogP contribution in [0.3, 0.4) is 0 Å². The number of carbonyl (C=O) groups is 2. The van der Waals surface area contributed by atoms with E-state index in [2.05, 4.69) is 26.2 Å². The lowest BCUT2D eigenvalue weighted by Gasteiger charge is -2.11. The summed E-state index contributed by atoms with van der Waals surface area (Å²) in [7, 11) is 1.37. The normalized spacial score (nSPS) is 18.8. The van der Waals surface area contributed by atoms with Crippen LogP contribution < -0.4 is 5.32 Å². The van der Waals surface area contributed by atoms with Gasteiger partial charge in [0.1, 0.15) is 6.04 Å². The number of rotatable bonds is 3. The molecule has 0 bridgehead atoms. The Balaban J connectivity index is 2.27. The number of nitrogens with zero attached hydrogens (tertiary/aromatic N) is 3. The Labute approximate surface area is 116 Å². The van der Waals surface area contributed by atoms with E-state index in [9.17, 15) is 19.7 Å². The number of halogens is 1. The summed E-state index contributed by atoms with van der Waals surface area (Å²) in [6.07, 6.45) is 1.34. The van der Waals surface area contributed by atoms with Crippen molar-refractivity contribution < 1.29 is 14.5 Å². The Kier molecular flexibility index (Phi) is 3.47. The zero-order chi connectivity index (χ0) is 14.2. The highest BCUT2D eigenvalue weighted by Gasteiger charge is 2.37. The van der Waals surface area contributed by atoms with Gasteiger partial charge in [-0.15, -0.1) is 0 Å². The molecule has 1 aromatic rings. The first-order valence-electron chi connectivity index (χ1n) is 5.27. The topological polar surface area (TPSA) is 105 Å². The van der Waals surface area contributed by atoms with E-state index in [1.165, 1.54) is 19.3 Å². The van der Waals surface area contributed by atoms with E-state index >= 15 is 0 Å². The highest BCUT2D eigenvalue weighted by Crippen LogP contribution is 2.27. The van der Waals surface area contributed by atoms with Crippen LogP contribution in [0.2, 0.25) is 0 Å². The van der Waals surface area contributed by atoms with Gasteiger partial charge in [0.25, 0.3) is 5.91 Å². The molecule has 2 heterocycles. The van der Waals surface area contributed by atoms with Crippen LogP contribution >= 0.6 is 15.9 Å². The summed E-state index contributed by atoms with van der Waals surface area (Å²) in [5, 5.41) is 13.5. The molecule has 1 aliphatic rings. The molecule has 1 N–H and O–H groups in total. The Morgan fingerprint density at radius 1 is 1.58 bits per heavy atom. The van der Waals surface area contributed by atoms with Crippen molar-refractivity contribution in [2.75, 3.05) is 12.4 Å². The van der Waals surface area contributed by atoms with Crippen molar-refractivity contribution in [3.05, 3.63) is 26.9 Å². The Morgan fingerprint density at radius 3 is 2.79 bits per heavy atom. The van der Waals surface area contributed by atoms with Crippen LogP contribution in [-0.2, 0) is 9.59 Å². The Bertz CT molecular complexity index is 577. The van der Waals surface area contributed by atoms with Crippen LogP contribution in [0, 0.1) is 10.1 Å². The second-order valence-electron chi connectivity index (χ2n) is 3.97. The van der Waals surface area contributed by atoms with Gasteiger partial charge in [-0.1, -0.05) is 0 Å². The monoisotopic (exact) mass is 328 g/mol. The average Bonchev–Trinajstić information content (AvgIpc) is 2.59. The minimum absolute atomic E-state index is 0.0327. The lowest BCUT2D eigenvalue weighted by Crippen LogP contribution is -2.32. The third kappa shape index (κ3) is 2.55. The predicted molar refractivity (Wildman–Crippen MR) is 68.4 cm³/mol. The van der Waals surface area contributed by atoms with Gasteiger partial charge in [-0.25, -0.2) is 4.98 Å². The van der Waals surface area contributed by atoms with E-state index in [4.69, 9.17) is 0 Å². The number of carbonyl (C=O) groups excluding carboxylic acids is 2. The Hall–Kier alpha value is -2.03. The summed E-state index contributed by atoms with van der Waals surface area (Å²) in [5.74, 6) is -0.791. The quantitative estimate of drug-likeness (QED) is 0.502. The van der Waals surface area contributed by atoms with Gasteiger partial charge in [0.2, 0.25) is 11.7 Å². The molecule has 9 heteroatoms. The van der Waals surface area contributed by atoms with Gasteiger partial charge in [0.05, 0.1) is 11.3 Å². The van der Waals surface area contributed by atoms with E-state index < -0.39 is 16.9 Å². The van der Waals surface area contributed by atoms with Crippen LogP contribution in [0.1, 0.15) is 6.42 Å². The van der Waals surface area contributed by atoms with Crippen LogP contribution in [0.4, 0.5) is 11.5 Å². The molecular formula is C10H9BrN4O4. The number of nitrogens with one attached hydrogen (secondary N) is 1. The molecule has 1 fully saturated rings. The van der Waals surface area contributed by atoms with Gasteiger partial charge >= 0.3 is 5.69 Å². The van der Waals surface area contributed by atoms with Gasteiger partial charge in [0.15, 0.2) is 0 Å². The minimum atomic E-state index is -0.815. The molecule has 0 aliphatic carbocycles. The molecule has 2 amide bonds. The molecule has 1 aliphatic heterocycles. The predicted octanol–water partition coefficient (Wildman–Crippen LogP) is 0.921. The summed E-state index contributed by atoms with van der Waals surface area (Å²) in [4.78, 5) is 38.2. The number of hydrogen-bond acceptors (Lipinski definition) is 6. The van der Waals surface area contributed by atoms with Gasteiger partial charge in [-0.3, -0.25) is 24.6 Å². The molecule has 0 spiro atoms. The van der Waals surface area contributed by atoms with Crippen LogP contribution in [0.15, 0.2) is 16.7 Å². The lowest BCUT2D eigenvalue weighted by atomic mass is 10.2. The third-order valence-electron chi connectivity index (χ3n) is 2.72. The molecule has 1 unspecified atom stereocenters. The van der Waals surface area contributed by atoms with Crippen molar-refractivity contribution in [3.8, 4) is 0 Å². The molecule has 1 saturated heterocycles. The first kappa shape index (κ1) is 13.4. The third-order valence-corrected chi connectivity index (χ3v) is 3.16. The second-order valence-corrected chi connectivity index (χ2v) is 4.89. The summed E-state index contributed by atoms with van der Waals surface area (Å²) in [6.45, 7) is 0. The van der Waals surface area contributed by atoms with E-state index in [1.807, 2.05) is 0 Å². The highest BCUT2D eigenvalue weighted by molar-refractivity contribution is 9.10. The molecule has 8 nitrogen and oxygen atoms in total. The molecule has 0 radical (unpaired) electrons. The van der Waals surface area contributed by atoms with Gasteiger partial charge < -0.3 is 5.32 Å². The molecule has 1 atom stereocenters. The zero-order valence-electron chi connectivity index (χ0n) is 9.79. The van der Waals surface area contributed by atoms with Gasteiger partial charge in [-0.2, -0.15) is 0 Å².